The van der Waals surface area contributed by atoms with Crippen molar-refractivity contribution in [2.75, 3.05) is 19.6 Å². The van der Waals surface area contributed by atoms with E-state index in [4.69, 9.17) is 0 Å². The van der Waals surface area contributed by atoms with Crippen molar-refractivity contribution >= 4 is 5.91 Å². The van der Waals surface area contributed by atoms with Crippen molar-refractivity contribution in [3.05, 3.63) is 30.1 Å². The number of likely N-dealkylation sites (tertiary alicyclic amines) is 1. The van der Waals surface area contributed by atoms with Crippen LogP contribution >= 0.6 is 0 Å². The van der Waals surface area contributed by atoms with E-state index in [0.29, 0.717) is 12.0 Å². The first-order chi connectivity index (χ1) is 8.36. The van der Waals surface area contributed by atoms with Crippen molar-refractivity contribution in [2.24, 2.45) is 5.92 Å². The lowest BCUT2D eigenvalue weighted by Crippen LogP contribution is -2.45. The average Bonchev–Trinajstić information content (AvgIpc) is 2.83. The van der Waals surface area contributed by atoms with Crippen LogP contribution < -0.4 is 5.32 Å². The van der Waals surface area contributed by atoms with E-state index in [1.54, 1.807) is 24.5 Å². The molecule has 3 heterocycles. The van der Waals surface area contributed by atoms with E-state index in [2.05, 4.69) is 15.2 Å². The quantitative estimate of drug-likeness (QED) is 0.781. The van der Waals surface area contributed by atoms with Gasteiger partial charge in [-0.25, -0.2) is 0 Å². The molecular formula is C13H17N3O. The SMILES string of the molecule is O=C(c1ccncc1)N1CCC2CNCCC21. The standard InChI is InChI=1S/C13H17N3O/c17-13(10-1-5-14-6-2-10)16-8-4-11-9-15-7-3-12(11)16/h1-2,5-6,11-12,15H,3-4,7-9H2. The second-order valence-corrected chi connectivity index (χ2v) is 4.84. The molecule has 0 bridgehead atoms. The molecule has 2 saturated heterocycles. The summed E-state index contributed by atoms with van der Waals surface area (Å²) in [6.07, 6.45) is 5.59. The highest BCUT2D eigenvalue weighted by molar-refractivity contribution is 5.94. The minimum Gasteiger partial charge on any atom is -0.335 e. The number of aromatic nitrogens is 1. The van der Waals surface area contributed by atoms with Gasteiger partial charge in [0.2, 0.25) is 0 Å². The Morgan fingerprint density at radius 2 is 2.18 bits per heavy atom. The highest BCUT2D eigenvalue weighted by Crippen LogP contribution is 2.29. The van der Waals surface area contributed by atoms with Crippen LogP contribution in [0.25, 0.3) is 0 Å². The van der Waals surface area contributed by atoms with Gasteiger partial charge < -0.3 is 10.2 Å². The van der Waals surface area contributed by atoms with Crippen molar-refractivity contribution in [1.82, 2.24) is 15.2 Å². The van der Waals surface area contributed by atoms with Crippen LogP contribution in [0.2, 0.25) is 0 Å². The number of nitrogens with one attached hydrogen (secondary N) is 1. The summed E-state index contributed by atoms with van der Waals surface area (Å²) in [5, 5.41) is 3.41. The van der Waals surface area contributed by atoms with Crippen LogP contribution in [0.15, 0.2) is 24.5 Å². The normalized spacial score (nSPS) is 27.9. The van der Waals surface area contributed by atoms with Crippen molar-refractivity contribution in [3.63, 3.8) is 0 Å². The maximum absolute atomic E-state index is 12.4. The van der Waals surface area contributed by atoms with Crippen LogP contribution in [0, 0.1) is 5.92 Å². The van der Waals surface area contributed by atoms with Gasteiger partial charge in [-0.1, -0.05) is 0 Å². The molecule has 2 fully saturated rings. The van der Waals surface area contributed by atoms with Crippen LogP contribution in [0.5, 0.6) is 0 Å². The number of rotatable bonds is 1. The number of hydrogen-bond donors (Lipinski definition) is 1. The molecular weight excluding hydrogens is 214 g/mol. The van der Waals surface area contributed by atoms with Gasteiger partial charge in [0.15, 0.2) is 0 Å². The fraction of sp³-hybridized carbons (Fsp3) is 0.538. The van der Waals surface area contributed by atoms with Crippen LogP contribution in [-0.2, 0) is 0 Å². The Balaban J connectivity index is 1.79. The van der Waals surface area contributed by atoms with E-state index in [-0.39, 0.29) is 5.91 Å². The molecule has 0 aromatic carbocycles. The molecule has 0 aliphatic carbocycles. The van der Waals surface area contributed by atoms with E-state index in [1.165, 1.54) is 0 Å². The molecule has 1 aromatic heterocycles. The molecule has 4 nitrogen and oxygen atoms in total. The Bertz CT molecular complexity index is 406. The molecule has 2 atom stereocenters. The summed E-state index contributed by atoms with van der Waals surface area (Å²) in [6, 6.07) is 4.05. The van der Waals surface area contributed by atoms with E-state index >= 15 is 0 Å². The summed E-state index contributed by atoms with van der Waals surface area (Å²) in [6.45, 7) is 2.99. The Kier molecular flexibility index (Phi) is 2.81. The molecule has 1 aromatic rings. The molecule has 3 rings (SSSR count). The zero-order valence-corrected chi connectivity index (χ0v) is 9.80. The van der Waals surface area contributed by atoms with E-state index in [9.17, 15) is 4.79 Å². The van der Waals surface area contributed by atoms with E-state index < -0.39 is 0 Å². The fourth-order valence-electron chi connectivity index (χ4n) is 3.00. The number of hydrogen-bond acceptors (Lipinski definition) is 3. The van der Waals surface area contributed by atoms with Crippen molar-refractivity contribution in [1.29, 1.82) is 0 Å². The number of piperidine rings is 1. The van der Waals surface area contributed by atoms with Gasteiger partial charge in [-0.3, -0.25) is 9.78 Å². The molecule has 2 unspecified atom stereocenters. The second-order valence-electron chi connectivity index (χ2n) is 4.84. The number of carbonyl (C=O) groups is 1. The van der Waals surface area contributed by atoms with Gasteiger partial charge in [0.1, 0.15) is 0 Å². The largest absolute Gasteiger partial charge is 0.335 e. The average molecular weight is 231 g/mol. The Morgan fingerprint density at radius 1 is 1.35 bits per heavy atom. The minimum absolute atomic E-state index is 0.168. The molecule has 2 aliphatic heterocycles. The summed E-state index contributed by atoms with van der Waals surface area (Å²) in [5.41, 5.74) is 0.763. The lowest BCUT2D eigenvalue weighted by molar-refractivity contribution is 0.0697. The second kappa shape index (κ2) is 4.45. The number of nitrogens with zero attached hydrogens (tertiary/aromatic N) is 2. The van der Waals surface area contributed by atoms with E-state index in [0.717, 1.165) is 38.0 Å². The van der Waals surface area contributed by atoms with Gasteiger partial charge in [0.05, 0.1) is 0 Å². The maximum Gasteiger partial charge on any atom is 0.254 e. The number of fused-ring (bicyclic) bond motifs is 1. The predicted octanol–water partition coefficient (Wildman–Crippen LogP) is 0.906. The number of pyridine rings is 1. The molecule has 2 aliphatic rings. The van der Waals surface area contributed by atoms with Gasteiger partial charge in [0.25, 0.3) is 5.91 Å². The Labute approximate surface area is 101 Å². The first-order valence-electron chi connectivity index (χ1n) is 6.28. The Hall–Kier alpha value is -1.42. The maximum atomic E-state index is 12.4. The first-order valence-corrected chi connectivity index (χ1v) is 6.28. The van der Waals surface area contributed by atoms with Gasteiger partial charge in [-0.15, -0.1) is 0 Å². The summed E-state index contributed by atoms with van der Waals surface area (Å²) < 4.78 is 0. The zero-order chi connectivity index (χ0) is 11.7. The first kappa shape index (κ1) is 10.7. The summed E-state index contributed by atoms with van der Waals surface area (Å²) in [7, 11) is 0. The highest BCUT2D eigenvalue weighted by Gasteiger charge is 2.38. The van der Waals surface area contributed by atoms with Crippen LogP contribution in [0.4, 0.5) is 0 Å². The third-order valence-electron chi connectivity index (χ3n) is 3.90. The van der Waals surface area contributed by atoms with Gasteiger partial charge in [0, 0.05) is 30.5 Å². The van der Waals surface area contributed by atoms with Gasteiger partial charge in [-0.2, -0.15) is 0 Å². The predicted molar refractivity (Wildman–Crippen MR) is 64.7 cm³/mol. The summed E-state index contributed by atoms with van der Waals surface area (Å²) >= 11 is 0. The third-order valence-corrected chi connectivity index (χ3v) is 3.90. The van der Waals surface area contributed by atoms with E-state index in [1.807, 2.05) is 0 Å². The molecule has 0 radical (unpaired) electrons. The van der Waals surface area contributed by atoms with Crippen LogP contribution in [0.3, 0.4) is 0 Å². The van der Waals surface area contributed by atoms with Crippen molar-refractivity contribution in [3.8, 4) is 0 Å². The number of amides is 1. The minimum atomic E-state index is 0.168. The Morgan fingerprint density at radius 3 is 3.00 bits per heavy atom. The number of carbonyl (C=O) groups excluding carboxylic acids is 1. The molecule has 0 saturated carbocycles. The molecule has 1 amide bonds. The smallest absolute Gasteiger partial charge is 0.254 e. The molecule has 1 N–H and O–H groups in total. The summed E-state index contributed by atoms with van der Waals surface area (Å²) in [5.74, 6) is 0.816. The zero-order valence-electron chi connectivity index (χ0n) is 9.80. The third kappa shape index (κ3) is 1.93. The lowest BCUT2D eigenvalue weighted by Gasteiger charge is -2.32. The molecule has 4 heteroatoms. The molecule has 0 spiro atoms. The highest BCUT2D eigenvalue weighted by atomic mass is 16.2. The van der Waals surface area contributed by atoms with Crippen LogP contribution in [0.1, 0.15) is 23.2 Å². The summed E-state index contributed by atoms with van der Waals surface area (Å²) in [4.78, 5) is 18.4. The molecule has 17 heavy (non-hydrogen) atoms. The van der Waals surface area contributed by atoms with Gasteiger partial charge in [-0.05, 0) is 44.0 Å². The lowest BCUT2D eigenvalue weighted by atomic mass is 9.94. The van der Waals surface area contributed by atoms with Crippen molar-refractivity contribution < 1.29 is 4.79 Å². The van der Waals surface area contributed by atoms with Crippen molar-refractivity contribution in [2.45, 2.75) is 18.9 Å². The van der Waals surface area contributed by atoms with Gasteiger partial charge >= 0.3 is 0 Å². The van der Waals surface area contributed by atoms with Crippen LogP contribution in [-0.4, -0.2) is 41.5 Å². The molecule has 90 valence electrons. The topological polar surface area (TPSA) is 45.2 Å². The monoisotopic (exact) mass is 231 g/mol. The fourth-order valence-corrected chi connectivity index (χ4v) is 3.00.